The first-order valence-corrected chi connectivity index (χ1v) is 10.6. The highest BCUT2D eigenvalue weighted by Gasteiger charge is 2.79. The molecule has 9 nitrogen and oxygen atoms in total. The van der Waals surface area contributed by atoms with E-state index in [1.54, 1.807) is 6.07 Å². The average Bonchev–Trinajstić information content (AvgIpc) is 3.64. The lowest BCUT2D eigenvalue weighted by Crippen LogP contribution is -2.43. The highest BCUT2D eigenvalue weighted by atomic mass is 16.7. The van der Waals surface area contributed by atoms with Crippen molar-refractivity contribution in [3.8, 4) is 0 Å². The molecule has 1 aromatic rings. The average molecular weight is 432 g/mol. The summed E-state index contributed by atoms with van der Waals surface area (Å²) in [5.74, 6) is -0.0419. The van der Waals surface area contributed by atoms with Crippen molar-refractivity contribution in [2.24, 2.45) is 5.92 Å². The Balaban J connectivity index is 1.43. The standard InChI is InChI=1S/C22H24O9/c1-10(24)27-16-6-12(21(3)9-26-21)5-13-11(8-23)4-14(28-13)17-20(2,30-17)7-15-18-22(16,31-18)19(25)29-15/h4,8,12,15-18H,5-7,9H2,1-3H3/t12?,15-,16+,17-,18-,20+,21?,22+/m0/s1. The van der Waals surface area contributed by atoms with E-state index in [2.05, 4.69) is 0 Å². The van der Waals surface area contributed by atoms with Crippen LogP contribution in [0.5, 0.6) is 0 Å². The lowest BCUT2D eigenvalue weighted by molar-refractivity contribution is -0.166. The third kappa shape index (κ3) is 2.76. The molecule has 0 N–H and O–H groups in total. The molecule has 0 spiro atoms. The van der Waals surface area contributed by atoms with Gasteiger partial charge in [-0.3, -0.25) is 9.59 Å². The summed E-state index contributed by atoms with van der Waals surface area (Å²) in [6.07, 6.45) is -0.241. The minimum absolute atomic E-state index is 0.173. The Morgan fingerprint density at radius 2 is 2.03 bits per heavy atom. The molecule has 9 heteroatoms. The monoisotopic (exact) mass is 432 g/mol. The van der Waals surface area contributed by atoms with Crippen LogP contribution in [0.3, 0.4) is 0 Å². The fourth-order valence-corrected chi connectivity index (χ4v) is 5.42. The van der Waals surface area contributed by atoms with Gasteiger partial charge in [0.25, 0.3) is 0 Å². The van der Waals surface area contributed by atoms with Gasteiger partial charge in [0.2, 0.25) is 5.60 Å². The Morgan fingerprint density at radius 1 is 1.26 bits per heavy atom. The summed E-state index contributed by atoms with van der Waals surface area (Å²) in [4.78, 5) is 36.6. The Kier molecular flexibility index (Phi) is 3.74. The molecule has 4 saturated heterocycles. The van der Waals surface area contributed by atoms with Crippen LogP contribution in [0.1, 0.15) is 61.6 Å². The normalized spacial score (nSPS) is 46.9. The molecule has 6 rings (SSSR count). The number of aldehydes is 1. The minimum Gasteiger partial charge on any atom is -0.462 e. The van der Waals surface area contributed by atoms with E-state index in [1.165, 1.54) is 6.92 Å². The van der Waals surface area contributed by atoms with Gasteiger partial charge >= 0.3 is 11.9 Å². The van der Waals surface area contributed by atoms with Crippen LogP contribution in [0.4, 0.5) is 0 Å². The van der Waals surface area contributed by atoms with E-state index in [-0.39, 0.29) is 12.0 Å². The zero-order valence-corrected chi connectivity index (χ0v) is 17.5. The summed E-state index contributed by atoms with van der Waals surface area (Å²) in [7, 11) is 0. The number of furan rings is 1. The van der Waals surface area contributed by atoms with Crippen molar-refractivity contribution in [3.63, 3.8) is 0 Å². The van der Waals surface area contributed by atoms with Crippen molar-refractivity contribution in [1.82, 2.24) is 0 Å². The summed E-state index contributed by atoms with van der Waals surface area (Å²) in [6.45, 7) is 5.72. The highest BCUT2D eigenvalue weighted by Crippen LogP contribution is 2.59. The van der Waals surface area contributed by atoms with Crippen LogP contribution in [0.2, 0.25) is 0 Å². The van der Waals surface area contributed by atoms with E-state index in [1.807, 2.05) is 13.8 Å². The van der Waals surface area contributed by atoms with Crippen molar-refractivity contribution < 1.29 is 42.5 Å². The van der Waals surface area contributed by atoms with Crippen LogP contribution < -0.4 is 0 Å². The Bertz CT molecular complexity index is 993. The largest absolute Gasteiger partial charge is 0.462 e. The molecule has 0 saturated carbocycles. The highest BCUT2D eigenvalue weighted by molar-refractivity contribution is 5.88. The van der Waals surface area contributed by atoms with Crippen molar-refractivity contribution in [1.29, 1.82) is 0 Å². The van der Waals surface area contributed by atoms with Gasteiger partial charge in [-0.05, 0) is 26.3 Å². The molecule has 8 atom stereocenters. The van der Waals surface area contributed by atoms with Gasteiger partial charge in [0.15, 0.2) is 6.29 Å². The van der Waals surface area contributed by atoms with Gasteiger partial charge in [-0.25, -0.2) is 4.79 Å². The molecule has 166 valence electrons. The van der Waals surface area contributed by atoms with Crippen LogP contribution in [0.25, 0.3) is 0 Å². The van der Waals surface area contributed by atoms with Crippen LogP contribution in [-0.4, -0.2) is 59.9 Å². The number of hydrogen-bond acceptors (Lipinski definition) is 9. The van der Waals surface area contributed by atoms with Gasteiger partial charge in [-0.15, -0.1) is 0 Å². The molecule has 5 aliphatic rings. The van der Waals surface area contributed by atoms with Gasteiger partial charge < -0.3 is 28.1 Å². The number of epoxide rings is 3. The molecule has 31 heavy (non-hydrogen) atoms. The minimum atomic E-state index is -1.30. The smallest absolute Gasteiger partial charge is 0.345 e. The van der Waals surface area contributed by atoms with Gasteiger partial charge in [0.1, 0.15) is 41.5 Å². The topological polar surface area (TPSA) is 120 Å². The van der Waals surface area contributed by atoms with Crippen LogP contribution in [-0.2, 0) is 39.7 Å². The number of hydrogen-bond donors (Lipinski definition) is 0. The third-order valence-corrected chi connectivity index (χ3v) is 7.52. The summed E-state index contributed by atoms with van der Waals surface area (Å²) < 4.78 is 34.9. The van der Waals surface area contributed by atoms with E-state index in [4.69, 9.17) is 28.1 Å². The van der Waals surface area contributed by atoms with Crippen molar-refractivity contribution in [2.45, 2.75) is 81.3 Å². The van der Waals surface area contributed by atoms with Gasteiger partial charge in [0, 0.05) is 25.7 Å². The second-order valence-corrected chi connectivity index (χ2v) is 9.77. The lowest BCUT2D eigenvalue weighted by Gasteiger charge is -2.27. The predicted octanol–water partition coefficient (Wildman–Crippen LogP) is 1.66. The Hall–Kier alpha value is -2.23. The van der Waals surface area contributed by atoms with Crippen molar-refractivity contribution >= 4 is 18.2 Å². The van der Waals surface area contributed by atoms with Crippen LogP contribution in [0.15, 0.2) is 10.5 Å². The van der Waals surface area contributed by atoms with Gasteiger partial charge in [0.05, 0.1) is 17.8 Å². The first kappa shape index (κ1) is 19.5. The van der Waals surface area contributed by atoms with E-state index >= 15 is 0 Å². The van der Waals surface area contributed by atoms with Gasteiger partial charge in [-0.1, -0.05) is 0 Å². The van der Waals surface area contributed by atoms with Crippen molar-refractivity contribution in [2.75, 3.05) is 6.61 Å². The molecule has 0 amide bonds. The molecule has 0 aromatic carbocycles. The summed E-state index contributed by atoms with van der Waals surface area (Å²) in [6, 6.07) is 1.72. The Labute approximate surface area is 178 Å². The maximum Gasteiger partial charge on any atom is 0.345 e. The SMILES string of the molecule is CC(=O)O[C@@H]1CC(C2(C)CO2)Cc2oc(cc2C=O)[C@@H]2O[C@]2(C)C[C@@H]2OC(=O)[C@@]13O[C@@H]23. The van der Waals surface area contributed by atoms with Crippen LogP contribution >= 0.6 is 0 Å². The summed E-state index contributed by atoms with van der Waals surface area (Å²) >= 11 is 0. The fourth-order valence-electron chi connectivity index (χ4n) is 5.42. The summed E-state index contributed by atoms with van der Waals surface area (Å²) in [5.41, 5.74) is -1.90. The quantitative estimate of drug-likeness (QED) is 0.399. The predicted molar refractivity (Wildman–Crippen MR) is 100 cm³/mol. The summed E-state index contributed by atoms with van der Waals surface area (Å²) in [5, 5.41) is 0. The number of ether oxygens (including phenoxy) is 5. The number of fused-ring (bicyclic) bond motifs is 4. The molecule has 1 aromatic heterocycles. The van der Waals surface area contributed by atoms with Crippen molar-refractivity contribution in [3.05, 3.63) is 23.2 Å². The van der Waals surface area contributed by atoms with E-state index in [9.17, 15) is 14.4 Å². The number of carbonyl (C=O) groups excluding carboxylic acids is 3. The van der Waals surface area contributed by atoms with Gasteiger partial charge in [-0.2, -0.15) is 0 Å². The fraction of sp³-hybridized carbons (Fsp3) is 0.682. The zero-order chi connectivity index (χ0) is 21.8. The molecular formula is C22H24O9. The molecule has 2 unspecified atom stereocenters. The first-order chi connectivity index (χ1) is 14.7. The lowest BCUT2D eigenvalue weighted by atomic mass is 9.80. The molecular weight excluding hydrogens is 408 g/mol. The second kappa shape index (κ2) is 5.96. The molecule has 6 heterocycles. The maximum atomic E-state index is 12.9. The number of rotatable bonds is 3. The first-order valence-electron chi connectivity index (χ1n) is 10.6. The van der Waals surface area contributed by atoms with Crippen LogP contribution in [0, 0.1) is 5.92 Å². The van der Waals surface area contributed by atoms with E-state index < -0.39 is 47.1 Å². The molecule has 5 aliphatic heterocycles. The van der Waals surface area contributed by atoms with E-state index in [0.29, 0.717) is 43.0 Å². The molecule has 4 fully saturated rings. The number of carbonyl (C=O) groups is 3. The molecule has 4 bridgehead atoms. The zero-order valence-electron chi connectivity index (χ0n) is 17.5. The third-order valence-electron chi connectivity index (χ3n) is 7.52. The number of esters is 2. The molecule has 0 aliphatic carbocycles. The molecule has 0 radical (unpaired) electrons. The van der Waals surface area contributed by atoms with E-state index in [0.717, 1.165) is 6.29 Å². The Morgan fingerprint density at radius 3 is 2.68 bits per heavy atom. The maximum absolute atomic E-state index is 12.9. The second-order valence-electron chi connectivity index (χ2n) is 9.77.